The Hall–Kier alpha value is -4.80. The fourth-order valence-electron chi connectivity index (χ4n) is 4.84. The van der Waals surface area contributed by atoms with Gasteiger partial charge in [0.1, 0.15) is 6.17 Å². The lowest BCUT2D eigenvalue weighted by Crippen LogP contribution is -2.49. The quantitative estimate of drug-likeness (QED) is 0.188. The molecule has 1 aliphatic heterocycles. The number of pyridine rings is 1. The standard InChI is InChI=1S/C29H27F5N6O5S/c1-15(25(33)34)45-27-21(20-7-8-22(24(32)23(20)31)39-46(43,44)14-16-5-3-2-4-6-16)9-17-11-35-28(38-26(17)37-27)36-19-10-18(30)12-40(13-19)29(41)42/h2-9,11,15,18-19,25,39H,10,12-14H2,1H3,(H,41,42)(H,35,36,37,38)/t15?,18-,19-/m0/s1. The zero-order valence-corrected chi connectivity index (χ0v) is 24.8. The van der Waals surface area contributed by atoms with Gasteiger partial charge in [-0.25, -0.2) is 40.1 Å². The van der Waals surface area contributed by atoms with Crippen LogP contribution in [0, 0.1) is 11.6 Å². The third-order valence-corrected chi connectivity index (χ3v) is 8.27. The first-order valence-corrected chi connectivity index (χ1v) is 15.5. The molecule has 1 aliphatic rings. The van der Waals surface area contributed by atoms with Crippen LogP contribution in [0.15, 0.2) is 54.7 Å². The second-order valence-corrected chi connectivity index (χ2v) is 12.3. The third kappa shape index (κ3) is 7.52. The van der Waals surface area contributed by atoms with Crippen molar-refractivity contribution < 1.29 is 45.0 Å². The fraction of sp³-hybridized carbons (Fsp3) is 0.310. The number of amides is 1. The Morgan fingerprint density at radius 1 is 1.09 bits per heavy atom. The monoisotopic (exact) mass is 666 g/mol. The third-order valence-electron chi connectivity index (χ3n) is 7.03. The summed E-state index contributed by atoms with van der Waals surface area (Å²) >= 11 is 0. The van der Waals surface area contributed by atoms with Crippen molar-refractivity contribution in [3.63, 3.8) is 0 Å². The van der Waals surface area contributed by atoms with Crippen LogP contribution < -0.4 is 14.8 Å². The fourth-order valence-corrected chi connectivity index (χ4v) is 6.04. The van der Waals surface area contributed by atoms with Gasteiger partial charge in [-0.05, 0) is 30.7 Å². The summed E-state index contributed by atoms with van der Waals surface area (Å²) in [7, 11) is -4.14. The molecule has 3 heterocycles. The maximum absolute atomic E-state index is 15.5. The Morgan fingerprint density at radius 2 is 1.83 bits per heavy atom. The van der Waals surface area contributed by atoms with E-state index in [2.05, 4.69) is 20.3 Å². The summed E-state index contributed by atoms with van der Waals surface area (Å²) in [5, 5.41) is 12.2. The number of carboxylic acid groups (broad SMARTS) is 1. The van der Waals surface area contributed by atoms with Crippen molar-refractivity contribution in [3.8, 4) is 17.0 Å². The van der Waals surface area contributed by atoms with E-state index in [0.717, 1.165) is 24.0 Å². The van der Waals surface area contributed by atoms with Gasteiger partial charge in [-0.3, -0.25) is 4.72 Å². The summed E-state index contributed by atoms with van der Waals surface area (Å²) in [4.78, 5) is 24.7. The molecule has 0 aliphatic carbocycles. The Morgan fingerprint density at radius 3 is 2.52 bits per heavy atom. The number of halogens is 5. The number of sulfonamides is 1. The number of benzene rings is 2. The largest absolute Gasteiger partial charge is 0.468 e. The van der Waals surface area contributed by atoms with Gasteiger partial charge in [0, 0.05) is 41.7 Å². The molecule has 244 valence electrons. The second kappa shape index (κ2) is 13.3. The molecule has 1 unspecified atom stereocenters. The lowest BCUT2D eigenvalue weighted by molar-refractivity contribution is 0.0206. The average molecular weight is 667 g/mol. The normalized spacial score (nSPS) is 17.6. The SMILES string of the molecule is CC(Oc1nc2nc(N[C@H]3C[C@H](F)CN(C(=O)O)C3)ncc2cc1-c1ccc(NS(=O)(=O)Cc2ccccc2)c(F)c1F)C(F)F. The molecule has 0 bridgehead atoms. The van der Waals surface area contributed by atoms with E-state index >= 15 is 8.78 Å². The van der Waals surface area contributed by atoms with Gasteiger partial charge in [0.15, 0.2) is 23.4 Å². The molecule has 46 heavy (non-hydrogen) atoms. The van der Waals surface area contributed by atoms with E-state index in [0.29, 0.717) is 5.56 Å². The smallest absolute Gasteiger partial charge is 0.407 e. The lowest BCUT2D eigenvalue weighted by atomic mass is 10.0. The zero-order chi connectivity index (χ0) is 33.2. The number of hydrogen-bond donors (Lipinski definition) is 3. The maximum atomic E-state index is 15.5. The molecule has 2 aromatic heterocycles. The predicted molar refractivity (Wildman–Crippen MR) is 158 cm³/mol. The lowest BCUT2D eigenvalue weighted by Gasteiger charge is -2.33. The molecule has 0 radical (unpaired) electrons. The topological polar surface area (TPSA) is 147 Å². The zero-order valence-electron chi connectivity index (χ0n) is 24.0. The summed E-state index contributed by atoms with van der Waals surface area (Å²) in [5.41, 5.74) is -1.08. The van der Waals surface area contributed by atoms with Gasteiger partial charge in [0.25, 0.3) is 6.43 Å². The molecule has 1 amide bonds. The van der Waals surface area contributed by atoms with Crippen LogP contribution >= 0.6 is 0 Å². The predicted octanol–water partition coefficient (Wildman–Crippen LogP) is 5.45. The minimum atomic E-state index is -4.14. The first-order valence-electron chi connectivity index (χ1n) is 13.8. The summed E-state index contributed by atoms with van der Waals surface area (Å²) in [6.07, 6.45) is -6.22. The van der Waals surface area contributed by atoms with Crippen LogP contribution in [0.4, 0.5) is 38.4 Å². The number of piperidine rings is 1. The number of ether oxygens (including phenoxy) is 1. The van der Waals surface area contributed by atoms with Gasteiger partial charge in [0.05, 0.1) is 18.0 Å². The van der Waals surface area contributed by atoms with Crippen molar-refractivity contribution in [2.45, 2.75) is 43.8 Å². The van der Waals surface area contributed by atoms with Crippen LogP contribution in [-0.4, -0.2) is 77.3 Å². The molecule has 4 aromatic rings. The number of likely N-dealkylation sites (tertiary alicyclic amines) is 1. The van der Waals surface area contributed by atoms with E-state index in [-0.39, 0.29) is 42.1 Å². The number of nitrogens with one attached hydrogen (secondary N) is 2. The van der Waals surface area contributed by atoms with E-state index in [1.165, 1.54) is 12.3 Å². The van der Waals surface area contributed by atoms with Crippen molar-refractivity contribution in [2.24, 2.45) is 0 Å². The van der Waals surface area contributed by atoms with E-state index in [1.54, 1.807) is 30.3 Å². The highest BCUT2D eigenvalue weighted by Gasteiger charge is 2.31. The number of rotatable bonds is 10. The number of fused-ring (bicyclic) bond motifs is 1. The molecule has 0 saturated carbocycles. The summed E-state index contributed by atoms with van der Waals surface area (Å²) < 4.78 is 104. The highest BCUT2D eigenvalue weighted by atomic mass is 32.2. The number of aromatic nitrogens is 3. The number of carbonyl (C=O) groups is 1. The minimum Gasteiger partial charge on any atom is -0.468 e. The van der Waals surface area contributed by atoms with Crippen LogP contribution in [0.2, 0.25) is 0 Å². The highest BCUT2D eigenvalue weighted by molar-refractivity contribution is 7.91. The highest BCUT2D eigenvalue weighted by Crippen LogP contribution is 2.37. The Labute approximate surface area is 259 Å². The van der Waals surface area contributed by atoms with Crippen molar-refractivity contribution in [2.75, 3.05) is 23.1 Å². The Kier molecular flexibility index (Phi) is 9.41. The molecule has 17 heteroatoms. The molecular formula is C29H27F5N6O5S. The minimum absolute atomic E-state index is 0.0267. The van der Waals surface area contributed by atoms with E-state index in [4.69, 9.17) is 4.74 Å². The molecule has 2 aromatic carbocycles. The van der Waals surface area contributed by atoms with E-state index < -0.39 is 75.4 Å². The van der Waals surface area contributed by atoms with Crippen LogP contribution in [0.25, 0.3) is 22.2 Å². The molecule has 11 nitrogen and oxygen atoms in total. The Balaban J connectivity index is 1.47. The molecule has 5 rings (SSSR count). The number of hydrogen-bond acceptors (Lipinski definition) is 8. The van der Waals surface area contributed by atoms with Crippen molar-refractivity contribution in [1.82, 2.24) is 19.9 Å². The van der Waals surface area contributed by atoms with Gasteiger partial charge < -0.3 is 20.1 Å². The Bertz CT molecular complexity index is 1850. The van der Waals surface area contributed by atoms with Gasteiger partial charge in [-0.15, -0.1) is 0 Å². The van der Waals surface area contributed by atoms with Crippen LogP contribution in [0.3, 0.4) is 0 Å². The molecular weight excluding hydrogens is 639 g/mol. The van der Waals surface area contributed by atoms with E-state index in [1.807, 2.05) is 4.72 Å². The van der Waals surface area contributed by atoms with Crippen LogP contribution in [0.1, 0.15) is 18.9 Å². The van der Waals surface area contributed by atoms with Crippen molar-refractivity contribution in [3.05, 3.63) is 71.9 Å². The maximum Gasteiger partial charge on any atom is 0.407 e. The number of anilines is 2. The first kappa shape index (κ1) is 32.6. The van der Waals surface area contributed by atoms with E-state index in [9.17, 15) is 31.5 Å². The molecule has 3 atom stereocenters. The molecule has 1 saturated heterocycles. The van der Waals surface area contributed by atoms with Crippen LogP contribution in [-0.2, 0) is 15.8 Å². The summed E-state index contributed by atoms with van der Waals surface area (Å²) in [6, 6.07) is 10.6. The van der Waals surface area contributed by atoms with Crippen molar-refractivity contribution in [1.29, 1.82) is 0 Å². The molecule has 3 N–H and O–H groups in total. The second-order valence-electron chi connectivity index (χ2n) is 10.6. The molecule has 0 spiro atoms. The summed E-state index contributed by atoms with van der Waals surface area (Å²) in [5.74, 6) is -4.16. The van der Waals surface area contributed by atoms with Gasteiger partial charge >= 0.3 is 6.09 Å². The average Bonchev–Trinajstić information content (AvgIpc) is 2.99. The number of alkyl halides is 3. The van der Waals surface area contributed by atoms with Gasteiger partial charge in [0.2, 0.25) is 21.9 Å². The van der Waals surface area contributed by atoms with Gasteiger partial charge in [-0.1, -0.05) is 30.3 Å². The first-order chi connectivity index (χ1) is 21.8. The molecule has 1 fully saturated rings. The van der Waals surface area contributed by atoms with Gasteiger partial charge in [-0.2, -0.15) is 9.97 Å². The summed E-state index contributed by atoms with van der Waals surface area (Å²) in [6.45, 7) is 0.712. The number of nitrogens with zero attached hydrogens (tertiary/aromatic N) is 4. The van der Waals surface area contributed by atoms with Crippen LogP contribution in [0.5, 0.6) is 5.88 Å². The van der Waals surface area contributed by atoms with Crippen molar-refractivity contribution >= 4 is 38.8 Å².